The zero-order valence-corrected chi connectivity index (χ0v) is 14.0. The van der Waals surface area contributed by atoms with Crippen LogP contribution in [0.3, 0.4) is 0 Å². The van der Waals surface area contributed by atoms with E-state index in [0.29, 0.717) is 17.4 Å². The van der Waals surface area contributed by atoms with Crippen LogP contribution in [0.2, 0.25) is 5.02 Å². The third-order valence-corrected chi connectivity index (χ3v) is 5.27. The number of benzene rings is 2. The average molecular weight is 348 g/mol. The Bertz CT molecular complexity index is 761. The molecule has 126 valence electrons. The summed E-state index contributed by atoms with van der Waals surface area (Å²) in [7, 11) is 0. The van der Waals surface area contributed by atoms with E-state index >= 15 is 0 Å². The monoisotopic (exact) mass is 347 g/mol. The number of aliphatic hydroxyl groups excluding tert-OH is 1. The molecule has 2 heterocycles. The maximum absolute atomic E-state index is 13.2. The molecule has 4 rings (SSSR count). The van der Waals surface area contributed by atoms with E-state index in [4.69, 9.17) is 16.3 Å². The highest BCUT2D eigenvalue weighted by molar-refractivity contribution is 6.33. The smallest absolute Gasteiger partial charge is 0.125 e. The molecule has 0 aromatic heterocycles. The molecule has 2 atom stereocenters. The summed E-state index contributed by atoms with van der Waals surface area (Å²) in [5, 5.41) is 11.1. The third-order valence-electron chi connectivity index (χ3n) is 4.96. The van der Waals surface area contributed by atoms with Gasteiger partial charge in [0.15, 0.2) is 0 Å². The number of rotatable bonds is 2. The van der Waals surface area contributed by atoms with Gasteiger partial charge < -0.3 is 9.84 Å². The Morgan fingerprint density at radius 2 is 1.92 bits per heavy atom. The summed E-state index contributed by atoms with van der Waals surface area (Å²) in [6, 6.07) is 10.0. The second-order valence-electron chi connectivity index (χ2n) is 6.44. The summed E-state index contributed by atoms with van der Waals surface area (Å²) < 4.78 is 19.2. The van der Waals surface area contributed by atoms with E-state index in [0.717, 1.165) is 29.8 Å². The van der Waals surface area contributed by atoms with Gasteiger partial charge in [-0.1, -0.05) is 23.7 Å². The largest absolute Gasteiger partial charge is 0.491 e. The van der Waals surface area contributed by atoms with Gasteiger partial charge in [0.25, 0.3) is 0 Å². The molecule has 0 amide bonds. The first-order chi connectivity index (χ1) is 11.6. The fraction of sp³-hybridized carbons (Fsp3) is 0.368. The molecule has 2 aromatic rings. The Hall–Kier alpha value is -1.62. The molecule has 0 aliphatic carbocycles. The summed E-state index contributed by atoms with van der Waals surface area (Å²) in [6.45, 7) is 2.52. The lowest BCUT2D eigenvalue weighted by Gasteiger charge is -2.36. The molecule has 1 N–H and O–H groups in total. The molecular formula is C19H19ClFNO2. The van der Waals surface area contributed by atoms with E-state index in [9.17, 15) is 9.50 Å². The highest BCUT2D eigenvalue weighted by Crippen LogP contribution is 2.39. The van der Waals surface area contributed by atoms with Crippen molar-refractivity contribution in [3.63, 3.8) is 0 Å². The van der Waals surface area contributed by atoms with Crippen LogP contribution in [0.1, 0.15) is 24.5 Å². The van der Waals surface area contributed by atoms with E-state index in [1.54, 1.807) is 6.07 Å². The SMILES string of the molecule is O[C@@H]1c2ccc(-c3ccc(F)cc3Cl)cc2OC[C@H]1N1CCCC1. The van der Waals surface area contributed by atoms with Crippen LogP contribution < -0.4 is 4.74 Å². The van der Waals surface area contributed by atoms with Gasteiger partial charge in [0.2, 0.25) is 0 Å². The molecule has 24 heavy (non-hydrogen) atoms. The van der Waals surface area contributed by atoms with Crippen molar-refractivity contribution in [3.8, 4) is 16.9 Å². The van der Waals surface area contributed by atoms with Crippen LogP contribution in [-0.4, -0.2) is 35.7 Å². The lowest BCUT2D eigenvalue weighted by molar-refractivity contribution is 0.0140. The summed E-state index contributed by atoms with van der Waals surface area (Å²) in [6.07, 6.45) is 1.81. The molecule has 0 spiro atoms. The predicted octanol–water partition coefficient (Wildman–Crippen LogP) is 4.04. The molecule has 0 bridgehead atoms. The van der Waals surface area contributed by atoms with Crippen LogP contribution in [-0.2, 0) is 0 Å². The van der Waals surface area contributed by atoms with Crippen molar-refractivity contribution in [1.82, 2.24) is 4.90 Å². The van der Waals surface area contributed by atoms with Crippen molar-refractivity contribution in [2.75, 3.05) is 19.7 Å². The summed E-state index contributed by atoms with van der Waals surface area (Å²) in [5.74, 6) is 0.317. The number of ether oxygens (including phenoxy) is 1. The Morgan fingerprint density at radius 3 is 2.67 bits per heavy atom. The van der Waals surface area contributed by atoms with Crippen molar-refractivity contribution >= 4 is 11.6 Å². The van der Waals surface area contributed by atoms with E-state index in [1.165, 1.54) is 25.0 Å². The lowest BCUT2D eigenvalue weighted by atomic mass is 9.95. The van der Waals surface area contributed by atoms with E-state index < -0.39 is 6.10 Å². The van der Waals surface area contributed by atoms with Gasteiger partial charge in [-0.25, -0.2) is 4.39 Å². The van der Waals surface area contributed by atoms with Crippen LogP contribution in [0.4, 0.5) is 4.39 Å². The standard InChI is InChI=1S/C19H19ClFNO2/c20-16-10-13(21)4-6-14(16)12-3-5-15-18(9-12)24-11-17(19(15)23)22-7-1-2-8-22/h3-6,9-10,17,19,23H,1-2,7-8,11H2/t17-,19-/m1/s1. The van der Waals surface area contributed by atoms with Crippen LogP contribution >= 0.6 is 11.6 Å². The van der Waals surface area contributed by atoms with Crippen molar-refractivity contribution in [2.45, 2.75) is 25.0 Å². The van der Waals surface area contributed by atoms with Crippen molar-refractivity contribution in [2.24, 2.45) is 0 Å². The zero-order chi connectivity index (χ0) is 16.7. The van der Waals surface area contributed by atoms with Gasteiger partial charge in [0.05, 0.1) is 11.1 Å². The highest BCUT2D eigenvalue weighted by atomic mass is 35.5. The van der Waals surface area contributed by atoms with Gasteiger partial charge in [-0.3, -0.25) is 4.90 Å². The number of fused-ring (bicyclic) bond motifs is 1. The normalized spacial score (nSPS) is 23.8. The van der Waals surface area contributed by atoms with Gasteiger partial charge in [-0.2, -0.15) is 0 Å². The molecule has 1 saturated heterocycles. The fourth-order valence-electron chi connectivity index (χ4n) is 3.65. The van der Waals surface area contributed by atoms with E-state index in [2.05, 4.69) is 4.90 Å². The molecule has 2 aliphatic rings. The fourth-order valence-corrected chi connectivity index (χ4v) is 3.92. The third kappa shape index (κ3) is 2.79. The van der Waals surface area contributed by atoms with Gasteiger partial charge >= 0.3 is 0 Å². The minimum Gasteiger partial charge on any atom is -0.491 e. The second-order valence-corrected chi connectivity index (χ2v) is 6.85. The Labute approximate surface area is 145 Å². The highest BCUT2D eigenvalue weighted by Gasteiger charge is 2.35. The number of aliphatic hydroxyl groups is 1. The Kier molecular flexibility index (Phi) is 4.21. The van der Waals surface area contributed by atoms with Crippen LogP contribution in [0.25, 0.3) is 11.1 Å². The number of hydrogen-bond acceptors (Lipinski definition) is 3. The summed E-state index contributed by atoms with van der Waals surface area (Å²) in [4.78, 5) is 2.30. The number of hydrogen-bond donors (Lipinski definition) is 1. The lowest BCUT2D eigenvalue weighted by Crippen LogP contribution is -2.44. The van der Waals surface area contributed by atoms with E-state index in [-0.39, 0.29) is 11.9 Å². The van der Waals surface area contributed by atoms with Gasteiger partial charge in [0.1, 0.15) is 24.3 Å². The minimum atomic E-state index is -0.551. The molecule has 2 aromatic carbocycles. The quantitative estimate of drug-likeness (QED) is 0.890. The molecule has 1 fully saturated rings. The second kappa shape index (κ2) is 6.36. The van der Waals surface area contributed by atoms with Gasteiger partial charge in [-0.05, 0) is 55.8 Å². The first-order valence-corrected chi connectivity index (χ1v) is 8.65. The summed E-state index contributed by atoms with van der Waals surface area (Å²) in [5.41, 5.74) is 2.41. The number of halogens is 2. The minimum absolute atomic E-state index is 0.0141. The zero-order valence-electron chi connectivity index (χ0n) is 13.2. The molecule has 0 saturated carbocycles. The van der Waals surface area contributed by atoms with Crippen LogP contribution in [0, 0.1) is 5.82 Å². The maximum atomic E-state index is 13.2. The maximum Gasteiger partial charge on any atom is 0.125 e. The number of likely N-dealkylation sites (tertiary alicyclic amines) is 1. The van der Waals surface area contributed by atoms with Crippen molar-refractivity contribution in [3.05, 3.63) is 52.8 Å². The average Bonchev–Trinajstić information content (AvgIpc) is 3.09. The van der Waals surface area contributed by atoms with Crippen molar-refractivity contribution in [1.29, 1.82) is 0 Å². The Balaban J connectivity index is 1.65. The van der Waals surface area contributed by atoms with Gasteiger partial charge in [-0.15, -0.1) is 0 Å². The molecule has 5 heteroatoms. The van der Waals surface area contributed by atoms with Crippen LogP contribution in [0.5, 0.6) is 5.75 Å². The summed E-state index contributed by atoms with van der Waals surface area (Å²) >= 11 is 6.15. The topological polar surface area (TPSA) is 32.7 Å². The molecule has 0 radical (unpaired) electrons. The van der Waals surface area contributed by atoms with Crippen molar-refractivity contribution < 1.29 is 14.2 Å². The molecule has 2 aliphatic heterocycles. The van der Waals surface area contributed by atoms with Gasteiger partial charge in [0, 0.05) is 11.1 Å². The first-order valence-electron chi connectivity index (χ1n) is 8.28. The first kappa shape index (κ1) is 15.9. The van der Waals surface area contributed by atoms with E-state index in [1.807, 2.05) is 18.2 Å². The van der Waals surface area contributed by atoms with Crippen LogP contribution in [0.15, 0.2) is 36.4 Å². The molecule has 3 nitrogen and oxygen atoms in total. The number of nitrogens with zero attached hydrogens (tertiary/aromatic N) is 1. The predicted molar refractivity (Wildman–Crippen MR) is 91.9 cm³/mol. The Morgan fingerprint density at radius 1 is 1.12 bits per heavy atom. The molecular weight excluding hydrogens is 329 g/mol. The molecule has 0 unspecified atom stereocenters.